The number of piperidine rings is 1. The molecule has 0 radical (unpaired) electrons. The number of thiophene rings is 1. The van der Waals surface area contributed by atoms with Crippen molar-refractivity contribution in [3.05, 3.63) is 69.7 Å². The van der Waals surface area contributed by atoms with Crippen LogP contribution in [0.25, 0.3) is 22.0 Å². The van der Waals surface area contributed by atoms with Crippen LogP contribution in [0.15, 0.2) is 47.8 Å². The number of carbonyl (C=O) groups excluding carboxylic acids is 1. The number of fused-ring (bicyclic) bond motifs is 1. The van der Waals surface area contributed by atoms with Crippen molar-refractivity contribution in [3.63, 3.8) is 0 Å². The zero-order valence-electron chi connectivity index (χ0n) is 26.4. The van der Waals surface area contributed by atoms with E-state index < -0.39 is 0 Å². The first-order chi connectivity index (χ1) is 21.4. The quantitative estimate of drug-likeness (QED) is 0.172. The standard InChI is InChI=1S/C36H45N5O2S/c1-22(34-17-28(21-44-34)29-8-6-5-7-27(29)20-37-3)39-36-31-18-30(33(43-4)19-32(31)40-23(2)41-36)24-9-11-25(12-10-24)35(42)26-13-15-38-16-14-26/h5-8,17-19,21-22,24-26,37-38H,9-16,20H2,1-4H3,(H,39,40,41)/t22-,24?,25?/m1/s1. The van der Waals surface area contributed by atoms with Crippen molar-refractivity contribution in [2.24, 2.45) is 11.8 Å². The highest BCUT2D eigenvalue weighted by atomic mass is 32.1. The number of aromatic nitrogens is 2. The molecule has 232 valence electrons. The van der Waals surface area contributed by atoms with Crippen LogP contribution in [0.4, 0.5) is 5.82 Å². The van der Waals surface area contributed by atoms with E-state index in [1.165, 1.54) is 27.1 Å². The van der Waals surface area contributed by atoms with E-state index in [4.69, 9.17) is 14.7 Å². The second-order valence-corrected chi connectivity index (χ2v) is 13.4. The summed E-state index contributed by atoms with van der Waals surface area (Å²) in [6.45, 7) is 6.91. The van der Waals surface area contributed by atoms with Gasteiger partial charge in [-0.05, 0) is 118 Å². The summed E-state index contributed by atoms with van der Waals surface area (Å²) in [6, 6.07) is 15.3. The molecule has 1 saturated carbocycles. The molecule has 44 heavy (non-hydrogen) atoms. The van der Waals surface area contributed by atoms with Gasteiger partial charge in [-0.3, -0.25) is 4.79 Å². The summed E-state index contributed by atoms with van der Waals surface area (Å²) in [7, 11) is 3.73. The van der Waals surface area contributed by atoms with E-state index in [0.29, 0.717) is 11.7 Å². The number of carbonyl (C=O) groups is 1. The first-order valence-electron chi connectivity index (χ1n) is 16.1. The van der Waals surface area contributed by atoms with Crippen LogP contribution in [0.5, 0.6) is 5.75 Å². The predicted molar refractivity (Wildman–Crippen MR) is 181 cm³/mol. The van der Waals surface area contributed by atoms with Gasteiger partial charge in [0, 0.05) is 34.7 Å². The van der Waals surface area contributed by atoms with E-state index in [0.717, 1.165) is 86.5 Å². The van der Waals surface area contributed by atoms with Crippen molar-refractivity contribution in [1.29, 1.82) is 0 Å². The van der Waals surface area contributed by atoms with Gasteiger partial charge in [-0.2, -0.15) is 0 Å². The van der Waals surface area contributed by atoms with Gasteiger partial charge >= 0.3 is 0 Å². The van der Waals surface area contributed by atoms with E-state index in [-0.39, 0.29) is 17.9 Å². The van der Waals surface area contributed by atoms with Crippen molar-refractivity contribution in [3.8, 4) is 16.9 Å². The number of ether oxygens (including phenoxy) is 1. The summed E-state index contributed by atoms with van der Waals surface area (Å²) in [6.07, 6.45) is 5.89. The number of methoxy groups -OCH3 is 1. The second kappa shape index (κ2) is 13.8. The molecule has 3 N–H and O–H groups in total. The predicted octanol–water partition coefficient (Wildman–Crippen LogP) is 7.41. The van der Waals surface area contributed by atoms with Gasteiger partial charge in [0.25, 0.3) is 0 Å². The molecule has 1 aliphatic carbocycles. The first-order valence-corrected chi connectivity index (χ1v) is 17.0. The van der Waals surface area contributed by atoms with E-state index in [2.05, 4.69) is 70.7 Å². The summed E-state index contributed by atoms with van der Waals surface area (Å²) in [5.41, 5.74) is 5.90. The molecule has 0 spiro atoms. The molecular weight excluding hydrogens is 566 g/mol. The van der Waals surface area contributed by atoms with Crippen molar-refractivity contribution >= 4 is 33.8 Å². The Labute approximate surface area is 265 Å². The lowest BCUT2D eigenvalue weighted by molar-refractivity contribution is -0.128. The van der Waals surface area contributed by atoms with Crippen LogP contribution in [0.3, 0.4) is 0 Å². The van der Waals surface area contributed by atoms with Crippen molar-refractivity contribution in [2.75, 3.05) is 32.6 Å². The third kappa shape index (κ3) is 6.53. The van der Waals surface area contributed by atoms with Gasteiger partial charge < -0.3 is 20.7 Å². The molecule has 2 aliphatic rings. The number of hydrogen-bond donors (Lipinski definition) is 3. The number of nitrogens with one attached hydrogen (secondary N) is 3. The van der Waals surface area contributed by atoms with E-state index in [1.54, 1.807) is 18.4 Å². The Hall–Kier alpha value is -3.33. The molecular formula is C36H45N5O2S. The van der Waals surface area contributed by atoms with Crippen molar-refractivity contribution < 1.29 is 9.53 Å². The number of hydrogen-bond acceptors (Lipinski definition) is 8. The number of aryl methyl sites for hydroxylation is 1. The third-order valence-electron chi connectivity index (χ3n) is 9.57. The Kier molecular flexibility index (Phi) is 9.59. The molecule has 0 amide bonds. The molecule has 2 aromatic heterocycles. The summed E-state index contributed by atoms with van der Waals surface area (Å²) >= 11 is 1.78. The highest BCUT2D eigenvalue weighted by Crippen LogP contribution is 2.43. The van der Waals surface area contributed by atoms with Gasteiger partial charge in [0.2, 0.25) is 0 Å². The number of rotatable bonds is 10. The zero-order valence-corrected chi connectivity index (χ0v) is 27.2. The number of benzene rings is 2. The Bertz CT molecular complexity index is 1600. The van der Waals surface area contributed by atoms with Crippen LogP contribution in [0.1, 0.15) is 79.2 Å². The third-order valence-corrected chi connectivity index (χ3v) is 10.7. The number of nitrogens with zero attached hydrogens (tertiary/aromatic N) is 2. The van der Waals surface area contributed by atoms with Crippen LogP contribution < -0.4 is 20.7 Å². The van der Waals surface area contributed by atoms with Gasteiger partial charge in [0.1, 0.15) is 23.2 Å². The highest BCUT2D eigenvalue weighted by Gasteiger charge is 2.33. The molecule has 2 fully saturated rings. The number of ketones is 1. The van der Waals surface area contributed by atoms with Crippen LogP contribution in [0, 0.1) is 18.8 Å². The monoisotopic (exact) mass is 611 g/mol. The average molecular weight is 612 g/mol. The lowest BCUT2D eigenvalue weighted by Crippen LogP contribution is -2.35. The van der Waals surface area contributed by atoms with Crippen molar-refractivity contribution in [1.82, 2.24) is 20.6 Å². The van der Waals surface area contributed by atoms with Crippen LogP contribution in [0.2, 0.25) is 0 Å². The number of Topliss-reactive ketones (excluding diaryl/α,β-unsaturated/α-hetero) is 1. The zero-order chi connectivity index (χ0) is 30.6. The minimum atomic E-state index is 0.0738. The molecule has 6 rings (SSSR count). The lowest BCUT2D eigenvalue weighted by atomic mass is 9.73. The van der Waals surface area contributed by atoms with Gasteiger partial charge in [-0.1, -0.05) is 24.3 Å². The fourth-order valence-corrected chi connectivity index (χ4v) is 8.08. The van der Waals surface area contributed by atoms with Crippen LogP contribution in [-0.2, 0) is 11.3 Å². The Morgan fingerprint density at radius 3 is 2.55 bits per heavy atom. The smallest absolute Gasteiger partial charge is 0.139 e. The lowest BCUT2D eigenvalue weighted by Gasteiger charge is -2.32. The van der Waals surface area contributed by atoms with Crippen LogP contribution in [-0.4, -0.2) is 43.0 Å². The van der Waals surface area contributed by atoms with E-state index in [9.17, 15) is 4.79 Å². The average Bonchev–Trinajstić information content (AvgIpc) is 3.55. The van der Waals surface area contributed by atoms with Gasteiger partial charge in [-0.25, -0.2) is 9.97 Å². The summed E-state index contributed by atoms with van der Waals surface area (Å²) < 4.78 is 5.92. The van der Waals surface area contributed by atoms with Gasteiger partial charge in [0.15, 0.2) is 0 Å². The molecule has 1 aliphatic heterocycles. The SMILES string of the molecule is CNCc1ccccc1-c1csc([C@@H](C)Nc2nc(C)nc3cc(OC)c(C4CCC(C(=O)C5CCNCC5)CC4)cc23)c1. The van der Waals surface area contributed by atoms with E-state index >= 15 is 0 Å². The van der Waals surface area contributed by atoms with Gasteiger partial charge in [-0.15, -0.1) is 11.3 Å². The van der Waals surface area contributed by atoms with Crippen molar-refractivity contribution in [2.45, 2.75) is 70.9 Å². The largest absolute Gasteiger partial charge is 0.496 e. The summed E-state index contributed by atoms with van der Waals surface area (Å²) in [4.78, 5) is 24.2. The molecule has 7 nitrogen and oxygen atoms in total. The minimum Gasteiger partial charge on any atom is -0.496 e. The molecule has 4 aromatic rings. The molecule has 0 unspecified atom stereocenters. The topological polar surface area (TPSA) is 88.2 Å². The van der Waals surface area contributed by atoms with E-state index in [1.807, 2.05) is 14.0 Å². The second-order valence-electron chi connectivity index (χ2n) is 12.5. The Morgan fingerprint density at radius 1 is 1.05 bits per heavy atom. The number of anilines is 1. The highest BCUT2D eigenvalue weighted by molar-refractivity contribution is 7.10. The maximum atomic E-state index is 13.2. The molecule has 0 bridgehead atoms. The molecule has 1 saturated heterocycles. The minimum absolute atomic E-state index is 0.0738. The molecule has 3 heterocycles. The molecule has 2 aromatic carbocycles. The Balaban J connectivity index is 1.23. The van der Waals surface area contributed by atoms with Crippen LogP contribution >= 0.6 is 11.3 Å². The Morgan fingerprint density at radius 2 is 1.80 bits per heavy atom. The molecule has 8 heteroatoms. The fraction of sp³-hybridized carbons (Fsp3) is 0.472. The summed E-state index contributed by atoms with van der Waals surface area (Å²) in [5.74, 6) is 3.76. The summed E-state index contributed by atoms with van der Waals surface area (Å²) in [5, 5.41) is 13.7. The fourth-order valence-electron chi connectivity index (χ4n) is 7.17. The first kappa shape index (κ1) is 30.7. The maximum Gasteiger partial charge on any atom is 0.139 e. The molecule has 1 atom stereocenters. The maximum absolute atomic E-state index is 13.2. The van der Waals surface area contributed by atoms with Gasteiger partial charge in [0.05, 0.1) is 18.7 Å². The normalized spacial score (nSPS) is 20.0.